The van der Waals surface area contributed by atoms with Crippen LogP contribution in [0.15, 0.2) is 138 Å². The number of nitrogens with zero attached hydrogens (tertiary/aromatic N) is 12. The van der Waals surface area contributed by atoms with Crippen molar-refractivity contribution in [2.75, 3.05) is 198 Å². The predicted molar refractivity (Wildman–Crippen MR) is 396 cm³/mol. The summed E-state index contributed by atoms with van der Waals surface area (Å²) in [7, 11) is 0. The van der Waals surface area contributed by atoms with Gasteiger partial charge < -0.3 is 75.8 Å². The lowest BCUT2D eigenvalue weighted by Gasteiger charge is -2.34. The summed E-state index contributed by atoms with van der Waals surface area (Å²) in [6.07, 6.45) is 29.4. The van der Waals surface area contributed by atoms with Gasteiger partial charge >= 0.3 is 0 Å². The number of azide groups is 1. The Morgan fingerprint density at radius 1 is 0.311 bits per heavy atom. The zero-order valence-electron chi connectivity index (χ0n) is 61.9. The molecule has 0 aliphatic heterocycles. The van der Waals surface area contributed by atoms with Crippen LogP contribution >= 0.6 is 0 Å². The Balaban J connectivity index is 1.68. The van der Waals surface area contributed by atoms with Crippen molar-refractivity contribution in [2.45, 2.75) is 110 Å². The van der Waals surface area contributed by atoms with E-state index in [1.165, 1.54) is 0 Å². The van der Waals surface area contributed by atoms with Gasteiger partial charge in [0.1, 0.15) is 17.1 Å². The number of unbranched alkanes of at least 4 members (excludes halogenated alkanes) is 4. The van der Waals surface area contributed by atoms with E-state index >= 15 is 0 Å². The van der Waals surface area contributed by atoms with Crippen LogP contribution in [0.25, 0.3) is 10.4 Å². The summed E-state index contributed by atoms with van der Waals surface area (Å²) in [5.74, 6) is 0. The Labute approximate surface area is 613 Å². The van der Waals surface area contributed by atoms with Gasteiger partial charge in [-0.3, -0.25) is 14.0 Å². The molecule has 3 rings (SSSR count). The summed E-state index contributed by atoms with van der Waals surface area (Å²) >= 11 is 0. The molecule has 0 aliphatic carbocycles. The van der Waals surface area contributed by atoms with Crippen LogP contribution in [0.1, 0.15) is 87.7 Å². The monoisotopic (exact) mass is 1450 g/mol. The van der Waals surface area contributed by atoms with Crippen LogP contribution in [0, 0.1) is 21.7 Å². The van der Waals surface area contributed by atoms with Gasteiger partial charge in [-0.2, -0.15) is 0 Å². The zero-order chi connectivity index (χ0) is 74.2. The van der Waals surface area contributed by atoms with Crippen LogP contribution < -0.4 is 0 Å². The average molecular weight is 1450 g/mol. The lowest BCUT2D eigenvalue weighted by atomic mass is 9.79. The second-order valence-corrected chi connectivity index (χ2v) is 25.6. The number of ether oxygens (including phenoxy) is 16. The van der Waals surface area contributed by atoms with Crippen molar-refractivity contribution in [1.29, 1.82) is 0 Å². The molecule has 28 nitrogen and oxygen atoms in total. The van der Waals surface area contributed by atoms with Gasteiger partial charge in [-0.05, 0) is 76.2 Å². The van der Waals surface area contributed by atoms with Gasteiger partial charge in [0.15, 0.2) is 0 Å². The van der Waals surface area contributed by atoms with Gasteiger partial charge in [0, 0.05) is 82.8 Å². The van der Waals surface area contributed by atoms with E-state index < -0.39 is 21.7 Å². The molecule has 0 spiro atoms. The third kappa shape index (κ3) is 43.7. The molecule has 103 heavy (non-hydrogen) atoms. The highest BCUT2D eigenvalue weighted by molar-refractivity contribution is 4.93. The quantitative estimate of drug-likeness (QED) is 0.0167. The molecule has 0 fully saturated rings. The molecule has 28 heteroatoms. The van der Waals surface area contributed by atoms with Crippen molar-refractivity contribution in [1.82, 2.24) is 45.0 Å². The first-order valence-electron chi connectivity index (χ1n) is 36.0. The first kappa shape index (κ1) is 91.0. The maximum absolute atomic E-state index is 8.88. The van der Waals surface area contributed by atoms with Gasteiger partial charge in [-0.1, -0.05) is 75.4 Å². The Kier molecular flexibility index (Phi) is 53.8. The molecule has 0 unspecified atom stereocenters. The molecular weight excluding hydrogens is 1320 g/mol. The fraction of sp³-hybridized carbons (Fsp3) is 0.680. The van der Waals surface area contributed by atoms with Crippen LogP contribution in [-0.2, 0) is 115 Å². The molecule has 0 saturated heterocycles. The topological polar surface area (TPSA) is 289 Å². The van der Waals surface area contributed by atoms with E-state index in [2.05, 4.69) is 100 Å². The molecule has 0 bridgehead atoms. The van der Waals surface area contributed by atoms with E-state index in [1.54, 1.807) is 54.7 Å². The van der Waals surface area contributed by atoms with Gasteiger partial charge in [0.2, 0.25) is 0 Å². The fourth-order valence-electron chi connectivity index (χ4n) is 10.5. The number of aromatic nitrogens is 9. The van der Waals surface area contributed by atoms with Gasteiger partial charge in [-0.25, -0.2) is 0 Å². The standard InChI is InChI=1S/C75H124N12O16/c1-10-34-91-57-73(58-92-35-11-2,59-93-36-12-3)66-101-44-24-20-31-85-50-69(78-82-85)53-88-47-27-72(56-100-43-23-19-30-77-81-76,28-48-89-54-70-51-86(83-79-70)32-21-25-45-102-67-74(60-94-37-13-4,61-95-38-14-5)62-96-39-15-6)29-49-90-55-71-52-87(84-80-71)33-22-26-46-103-68-75(63-97-40-16-7,64-98-41-17-8)65-99-42-18-9/h10-18,50-52H,1-9,19-49,53-68H2. The average Bonchev–Trinajstić information content (AvgIpc) is 1.16. The summed E-state index contributed by atoms with van der Waals surface area (Å²) in [5.41, 5.74) is 9.04. The molecule has 0 saturated carbocycles. The lowest BCUT2D eigenvalue weighted by Crippen LogP contribution is -2.42. The van der Waals surface area contributed by atoms with Crippen molar-refractivity contribution in [3.05, 3.63) is 160 Å². The predicted octanol–water partition coefficient (Wildman–Crippen LogP) is 10.8. The van der Waals surface area contributed by atoms with E-state index in [0.29, 0.717) is 261 Å². The van der Waals surface area contributed by atoms with Crippen LogP contribution in [0.5, 0.6) is 0 Å². The molecule has 3 aromatic rings. The van der Waals surface area contributed by atoms with Gasteiger partial charge in [0.25, 0.3) is 0 Å². The Morgan fingerprint density at radius 3 is 0.786 bits per heavy atom. The maximum Gasteiger partial charge on any atom is 0.108 e. The molecule has 0 aliphatic rings. The third-order valence-corrected chi connectivity index (χ3v) is 15.9. The molecule has 3 aromatic heterocycles. The SMILES string of the molecule is C=CCOCC(COCC=C)(COCC=C)COCCCCn1cc(COCCC(CCOCc2cn(CCCCOCC(COCC=C)(COCC=C)COCC=C)nn2)(CCOCc2cn(CCCCOCC(COCC=C)(COCC=C)COCC=C)nn2)COCCCCN=[N+]=[N-])nn1. The van der Waals surface area contributed by atoms with Crippen LogP contribution in [0.3, 0.4) is 0 Å². The maximum atomic E-state index is 8.88. The highest BCUT2D eigenvalue weighted by Crippen LogP contribution is 2.33. The van der Waals surface area contributed by atoms with E-state index in [1.807, 2.05) is 32.6 Å². The van der Waals surface area contributed by atoms with E-state index in [9.17, 15) is 0 Å². The molecular formula is C75H124N12O16. The molecule has 0 radical (unpaired) electrons. The van der Waals surface area contributed by atoms with Crippen molar-refractivity contribution in [2.24, 2.45) is 26.8 Å². The Bertz CT molecular complexity index is 2350. The normalized spacial score (nSPS) is 12.0. The minimum Gasteiger partial charge on any atom is -0.381 e. The highest BCUT2D eigenvalue weighted by atomic mass is 16.5. The minimum atomic E-state index is -0.515. The van der Waals surface area contributed by atoms with Crippen molar-refractivity contribution in [3.63, 3.8) is 0 Å². The largest absolute Gasteiger partial charge is 0.381 e. The smallest absolute Gasteiger partial charge is 0.108 e. The molecule has 0 N–H and O–H groups in total. The summed E-state index contributed by atoms with van der Waals surface area (Å²) in [4.78, 5) is 2.91. The van der Waals surface area contributed by atoms with E-state index in [0.717, 1.165) is 44.9 Å². The first-order valence-corrected chi connectivity index (χ1v) is 36.0. The molecule has 580 valence electrons. The number of rotatable bonds is 79. The molecule has 0 atom stereocenters. The Hall–Kier alpha value is -6.25. The third-order valence-electron chi connectivity index (χ3n) is 15.9. The van der Waals surface area contributed by atoms with E-state index in [-0.39, 0.29) is 19.8 Å². The molecule has 0 aromatic carbocycles. The highest BCUT2D eigenvalue weighted by Gasteiger charge is 2.35. The van der Waals surface area contributed by atoms with Crippen LogP contribution in [0.2, 0.25) is 0 Å². The summed E-state index contributed by atoms with van der Waals surface area (Å²) < 4.78 is 103. The lowest BCUT2D eigenvalue weighted by molar-refractivity contribution is -0.0979. The second kappa shape index (κ2) is 61.0. The first-order chi connectivity index (χ1) is 50.6. The molecule has 0 amide bonds. The van der Waals surface area contributed by atoms with Crippen molar-refractivity contribution < 1.29 is 75.8 Å². The number of hydrogen-bond donors (Lipinski definition) is 0. The minimum absolute atomic E-state index is 0.268. The number of aryl methyl sites for hydroxylation is 3. The number of hydrogen-bond acceptors (Lipinski definition) is 23. The summed E-state index contributed by atoms with van der Waals surface area (Å²) in [5, 5.41) is 30.2. The van der Waals surface area contributed by atoms with Crippen molar-refractivity contribution >= 4 is 0 Å². The van der Waals surface area contributed by atoms with Crippen LogP contribution in [-0.4, -0.2) is 243 Å². The molecule has 3 heterocycles. The van der Waals surface area contributed by atoms with Crippen molar-refractivity contribution in [3.8, 4) is 0 Å². The van der Waals surface area contributed by atoms with E-state index in [4.69, 9.17) is 81.3 Å². The van der Waals surface area contributed by atoms with Gasteiger partial charge in [-0.15, -0.1) is 74.5 Å². The Morgan fingerprint density at radius 2 is 0.544 bits per heavy atom. The fourth-order valence-corrected chi connectivity index (χ4v) is 10.5. The second-order valence-electron chi connectivity index (χ2n) is 25.6. The summed E-state index contributed by atoms with van der Waals surface area (Å²) in [6.45, 7) is 49.2. The van der Waals surface area contributed by atoms with Crippen LogP contribution in [0.4, 0.5) is 0 Å². The zero-order valence-corrected chi connectivity index (χ0v) is 61.9. The summed E-state index contributed by atoms with van der Waals surface area (Å²) in [6, 6.07) is 0. The van der Waals surface area contributed by atoms with Gasteiger partial charge in [0.05, 0.1) is 200 Å².